The zero-order chi connectivity index (χ0) is 23.5. The first-order valence-electron chi connectivity index (χ1n) is 11.5. The van der Waals surface area contributed by atoms with Gasteiger partial charge in [0, 0.05) is 17.7 Å². The normalized spacial score (nSPS) is 17.8. The molecule has 0 radical (unpaired) electrons. The summed E-state index contributed by atoms with van der Waals surface area (Å²) in [6.45, 7) is 6.33. The number of carbonyl (C=O) groups excluding carboxylic acids is 2. The van der Waals surface area contributed by atoms with E-state index in [0.717, 1.165) is 23.6 Å². The number of Topliss-reactive ketones (excluding diaryl/α,β-unsaturated/α-hetero) is 1. The third-order valence-corrected chi connectivity index (χ3v) is 5.91. The minimum absolute atomic E-state index is 0.0814. The van der Waals surface area contributed by atoms with Gasteiger partial charge in [-0.1, -0.05) is 74.0 Å². The lowest BCUT2D eigenvalue weighted by Crippen LogP contribution is -2.31. The Morgan fingerprint density at radius 3 is 2.45 bits per heavy atom. The zero-order valence-electron chi connectivity index (χ0n) is 19.2. The number of benzene rings is 3. The van der Waals surface area contributed by atoms with Gasteiger partial charge in [0.2, 0.25) is 0 Å². The molecule has 5 nitrogen and oxygen atoms in total. The lowest BCUT2D eigenvalue weighted by Gasteiger charge is -2.27. The topological polar surface area (TPSA) is 66.8 Å². The second kappa shape index (κ2) is 9.49. The first-order valence-corrected chi connectivity index (χ1v) is 11.5. The molecule has 0 bridgehead atoms. The van der Waals surface area contributed by atoms with Gasteiger partial charge in [-0.2, -0.15) is 0 Å². The molecule has 5 heteroatoms. The second-order valence-electron chi connectivity index (χ2n) is 8.58. The highest BCUT2D eigenvalue weighted by Gasteiger charge is 2.46. The van der Waals surface area contributed by atoms with E-state index < -0.39 is 17.7 Å². The summed E-state index contributed by atoms with van der Waals surface area (Å²) in [5, 5.41) is 13.3. The van der Waals surface area contributed by atoms with Gasteiger partial charge in [-0.15, -0.1) is 0 Å². The minimum atomic E-state index is -0.717. The van der Waals surface area contributed by atoms with Crippen molar-refractivity contribution in [2.24, 2.45) is 0 Å². The summed E-state index contributed by atoms with van der Waals surface area (Å²) in [6.07, 6.45) is 1.55. The minimum Gasteiger partial charge on any atom is -0.507 e. The van der Waals surface area contributed by atoms with Crippen LogP contribution in [0, 0.1) is 0 Å². The van der Waals surface area contributed by atoms with Gasteiger partial charge < -0.3 is 14.7 Å². The van der Waals surface area contributed by atoms with Crippen molar-refractivity contribution in [1.29, 1.82) is 0 Å². The van der Waals surface area contributed by atoms with Gasteiger partial charge in [0.1, 0.15) is 11.5 Å². The lowest BCUT2D eigenvalue weighted by atomic mass is 9.93. The summed E-state index contributed by atoms with van der Waals surface area (Å²) in [6, 6.07) is 20.0. The van der Waals surface area contributed by atoms with Crippen molar-refractivity contribution in [3.8, 4) is 5.75 Å². The Hall–Kier alpha value is -3.60. The van der Waals surface area contributed by atoms with Crippen molar-refractivity contribution in [2.75, 3.05) is 6.54 Å². The number of aliphatic hydroxyl groups excluding tert-OH is 1. The molecular weight excluding hydrogens is 414 g/mol. The molecule has 0 spiro atoms. The van der Waals surface area contributed by atoms with Crippen LogP contribution in [0.2, 0.25) is 0 Å². The van der Waals surface area contributed by atoms with Gasteiger partial charge in [-0.25, -0.2) is 0 Å². The molecule has 1 fully saturated rings. The summed E-state index contributed by atoms with van der Waals surface area (Å²) < 4.78 is 6.03. The molecule has 1 aliphatic heterocycles. The van der Waals surface area contributed by atoms with Gasteiger partial charge >= 0.3 is 0 Å². The quantitative estimate of drug-likeness (QED) is 0.283. The van der Waals surface area contributed by atoms with E-state index in [2.05, 4.69) is 0 Å². The maximum absolute atomic E-state index is 13.3. The van der Waals surface area contributed by atoms with Crippen LogP contribution in [0.1, 0.15) is 50.8 Å². The number of ketones is 1. The molecule has 1 aliphatic rings. The average molecular weight is 444 g/mol. The van der Waals surface area contributed by atoms with E-state index in [1.54, 1.807) is 11.0 Å². The van der Waals surface area contributed by atoms with Gasteiger partial charge in [-0.3, -0.25) is 9.59 Å². The number of fused-ring (bicyclic) bond motifs is 1. The summed E-state index contributed by atoms with van der Waals surface area (Å²) in [7, 11) is 0. The molecule has 1 atom stereocenters. The fraction of sp³-hybridized carbons (Fsp3) is 0.286. The van der Waals surface area contributed by atoms with Gasteiger partial charge in [0.25, 0.3) is 11.7 Å². The van der Waals surface area contributed by atoms with Crippen LogP contribution in [0.4, 0.5) is 0 Å². The van der Waals surface area contributed by atoms with Crippen LogP contribution < -0.4 is 4.74 Å². The maximum Gasteiger partial charge on any atom is 0.295 e. The number of para-hydroxylation sites is 1. The molecule has 1 unspecified atom stereocenters. The number of likely N-dealkylation sites (tertiary alicyclic amines) is 1. The third kappa shape index (κ3) is 4.23. The van der Waals surface area contributed by atoms with Crippen LogP contribution in [0.5, 0.6) is 5.75 Å². The summed E-state index contributed by atoms with van der Waals surface area (Å²) in [4.78, 5) is 28.0. The summed E-state index contributed by atoms with van der Waals surface area (Å²) in [5.41, 5.74) is 1.34. The number of hydrogen-bond donors (Lipinski definition) is 1. The molecule has 170 valence electrons. The fourth-order valence-electron chi connectivity index (χ4n) is 4.41. The Labute approximate surface area is 194 Å². The van der Waals surface area contributed by atoms with E-state index in [1.165, 1.54) is 0 Å². The summed E-state index contributed by atoms with van der Waals surface area (Å²) in [5.74, 6) is -0.811. The molecule has 1 amide bonds. The van der Waals surface area contributed by atoms with Crippen LogP contribution in [-0.2, 0) is 9.59 Å². The van der Waals surface area contributed by atoms with Crippen molar-refractivity contribution in [2.45, 2.75) is 45.8 Å². The molecule has 3 aromatic rings. The first-order chi connectivity index (χ1) is 15.9. The largest absolute Gasteiger partial charge is 0.507 e. The number of amides is 1. The second-order valence-corrected chi connectivity index (χ2v) is 8.58. The Kier molecular flexibility index (Phi) is 6.50. The Balaban J connectivity index is 1.95. The molecular formula is C28H29NO4. The zero-order valence-corrected chi connectivity index (χ0v) is 19.2. The van der Waals surface area contributed by atoms with Crippen molar-refractivity contribution in [1.82, 2.24) is 4.90 Å². The number of unbranched alkanes of at least 4 members (excludes halogenated alkanes) is 1. The van der Waals surface area contributed by atoms with Crippen LogP contribution in [0.25, 0.3) is 16.5 Å². The van der Waals surface area contributed by atoms with Crippen molar-refractivity contribution >= 4 is 28.2 Å². The fourth-order valence-corrected chi connectivity index (χ4v) is 4.41. The standard InChI is InChI=1S/C28H29NO4/c1-4-5-17-29-25(22-14-8-9-16-23(22)33-18(2)3)24(27(31)28(29)32)26(30)21-15-10-12-19-11-6-7-13-20(19)21/h6-16,18,25,30H,4-5,17H2,1-3H3/b26-24+. The first kappa shape index (κ1) is 22.6. The van der Waals surface area contributed by atoms with Gasteiger partial charge in [-0.05, 0) is 37.1 Å². The maximum atomic E-state index is 13.3. The highest BCUT2D eigenvalue weighted by molar-refractivity contribution is 6.46. The third-order valence-electron chi connectivity index (χ3n) is 5.91. The number of ether oxygens (including phenoxy) is 1. The molecule has 0 saturated carbocycles. The van der Waals surface area contributed by atoms with E-state index >= 15 is 0 Å². The predicted octanol–water partition coefficient (Wildman–Crippen LogP) is 5.85. The highest BCUT2D eigenvalue weighted by Crippen LogP contribution is 2.43. The van der Waals surface area contributed by atoms with E-state index in [4.69, 9.17) is 4.74 Å². The Morgan fingerprint density at radius 2 is 1.70 bits per heavy atom. The van der Waals surface area contributed by atoms with Crippen LogP contribution in [0.15, 0.2) is 72.3 Å². The monoisotopic (exact) mass is 443 g/mol. The number of hydrogen-bond acceptors (Lipinski definition) is 4. The van der Waals surface area contributed by atoms with E-state index in [1.807, 2.05) is 81.4 Å². The van der Waals surface area contributed by atoms with E-state index in [0.29, 0.717) is 23.4 Å². The van der Waals surface area contributed by atoms with E-state index in [-0.39, 0.29) is 17.4 Å². The number of nitrogens with zero attached hydrogens (tertiary/aromatic N) is 1. The average Bonchev–Trinajstić information content (AvgIpc) is 3.06. The van der Waals surface area contributed by atoms with Crippen molar-refractivity contribution < 1.29 is 19.4 Å². The van der Waals surface area contributed by atoms with Crippen LogP contribution in [0.3, 0.4) is 0 Å². The highest BCUT2D eigenvalue weighted by atomic mass is 16.5. The molecule has 0 aromatic heterocycles. The molecule has 4 rings (SSSR count). The van der Waals surface area contributed by atoms with E-state index in [9.17, 15) is 14.7 Å². The number of rotatable bonds is 7. The SMILES string of the molecule is CCCCN1C(=O)C(=O)/C(=C(/O)c2cccc3ccccc23)C1c1ccccc1OC(C)C. The molecule has 33 heavy (non-hydrogen) atoms. The Morgan fingerprint density at radius 1 is 1.00 bits per heavy atom. The predicted molar refractivity (Wildman–Crippen MR) is 130 cm³/mol. The molecule has 1 N–H and O–H groups in total. The van der Waals surface area contributed by atoms with Gasteiger partial charge in [0.05, 0.1) is 17.7 Å². The number of carbonyl (C=O) groups is 2. The lowest BCUT2D eigenvalue weighted by molar-refractivity contribution is -0.139. The Bertz CT molecular complexity index is 1220. The molecule has 3 aromatic carbocycles. The number of aliphatic hydroxyl groups is 1. The van der Waals surface area contributed by atoms with Crippen LogP contribution >= 0.6 is 0 Å². The van der Waals surface area contributed by atoms with Gasteiger partial charge in [0.15, 0.2) is 0 Å². The summed E-state index contributed by atoms with van der Waals surface area (Å²) >= 11 is 0. The van der Waals surface area contributed by atoms with Crippen molar-refractivity contribution in [3.05, 3.63) is 83.4 Å². The van der Waals surface area contributed by atoms with Crippen LogP contribution in [-0.4, -0.2) is 34.3 Å². The molecule has 1 saturated heterocycles. The molecule has 1 heterocycles. The molecule has 0 aliphatic carbocycles. The van der Waals surface area contributed by atoms with Crippen molar-refractivity contribution in [3.63, 3.8) is 0 Å². The smallest absolute Gasteiger partial charge is 0.295 e.